The van der Waals surface area contributed by atoms with Crippen LogP contribution < -0.4 is 5.32 Å². The molecule has 18 heavy (non-hydrogen) atoms. The lowest BCUT2D eigenvalue weighted by Gasteiger charge is -2.31. The second-order valence-electron chi connectivity index (χ2n) is 4.60. The minimum Gasteiger partial charge on any atom is -0.390 e. The van der Waals surface area contributed by atoms with E-state index in [2.05, 4.69) is 10.5 Å². The van der Waals surface area contributed by atoms with Crippen molar-refractivity contribution in [3.8, 4) is 0 Å². The van der Waals surface area contributed by atoms with Crippen molar-refractivity contribution in [3.05, 3.63) is 17.5 Å². The van der Waals surface area contributed by atoms with Gasteiger partial charge in [-0.15, -0.1) is 0 Å². The molecule has 3 atom stereocenters. The zero-order chi connectivity index (χ0) is 13.1. The smallest absolute Gasteiger partial charge is 0.273 e. The Labute approximate surface area is 105 Å². The predicted molar refractivity (Wildman–Crippen MR) is 63.0 cm³/mol. The molecule has 0 aromatic carbocycles. The van der Waals surface area contributed by atoms with Crippen molar-refractivity contribution >= 4 is 5.91 Å². The molecule has 0 saturated heterocycles. The molecule has 1 aromatic rings. The molecule has 0 bridgehead atoms. The lowest BCUT2D eigenvalue weighted by Crippen LogP contribution is -2.51. The normalized spacial score (nSPS) is 28.1. The van der Waals surface area contributed by atoms with Crippen LogP contribution in [0.2, 0.25) is 0 Å². The lowest BCUT2D eigenvalue weighted by atomic mass is 9.90. The molecule has 0 radical (unpaired) electrons. The van der Waals surface area contributed by atoms with Crippen LogP contribution >= 0.6 is 0 Å². The fraction of sp³-hybridized carbons (Fsp3) is 0.667. The Bertz CT molecular complexity index is 418. The van der Waals surface area contributed by atoms with Crippen LogP contribution in [0.25, 0.3) is 0 Å². The van der Waals surface area contributed by atoms with Gasteiger partial charge in [-0.05, 0) is 19.3 Å². The number of aromatic nitrogens is 1. The summed E-state index contributed by atoms with van der Waals surface area (Å²) >= 11 is 0. The lowest BCUT2D eigenvalue weighted by molar-refractivity contribution is -0.0278. The average Bonchev–Trinajstić information content (AvgIpc) is 2.83. The number of aliphatic hydroxyl groups is 2. The van der Waals surface area contributed by atoms with Crippen molar-refractivity contribution in [1.82, 2.24) is 10.5 Å². The van der Waals surface area contributed by atoms with E-state index < -0.39 is 18.2 Å². The van der Waals surface area contributed by atoms with E-state index >= 15 is 0 Å². The van der Waals surface area contributed by atoms with Gasteiger partial charge in [0.25, 0.3) is 5.91 Å². The maximum absolute atomic E-state index is 11.9. The standard InChI is InChI=1S/C12H18N2O4/c1-2-7-6-9(14-18-7)12(17)13-8-4-3-5-10(15)11(8)16/h6,8,10-11,15-16H,2-5H2,1H3,(H,13,17)/t8-,10-,11-/m1/s1. The molecule has 2 rings (SSSR count). The third-order valence-electron chi connectivity index (χ3n) is 3.28. The summed E-state index contributed by atoms with van der Waals surface area (Å²) in [5.41, 5.74) is 0.208. The van der Waals surface area contributed by atoms with Crippen LogP contribution in [0.3, 0.4) is 0 Å². The summed E-state index contributed by atoms with van der Waals surface area (Å²) in [7, 11) is 0. The van der Waals surface area contributed by atoms with Gasteiger partial charge in [0.05, 0.1) is 18.2 Å². The van der Waals surface area contributed by atoms with Gasteiger partial charge < -0.3 is 20.1 Å². The Morgan fingerprint density at radius 2 is 2.33 bits per heavy atom. The van der Waals surface area contributed by atoms with Crippen LogP contribution in [0.5, 0.6) is 0 Å². The molecule has 1 amide bonds. The molecule has 1 saturated carbocycles. The number of hydrogen-bond donors (Lipinski definition) is 3. The van der Waals surface area contributed by atoms with Gasteiger partial charge in [-0.3, -0.25) is 4.79 Å². The van der Waals surface area contributed by atoms with Crippen molar-refractivity contribution in [2.75, 3.05) is 0 Å². The van der Waals surface area contributed by atoms with Gasteiger partial charge >= 0.3 is 0 Å². The summed E-state index contributed by atoms with van der Waals surface area (Å²) in [6, 6.07) is 1.16. The molecule has 0 spiro atoms. The molecule has 1 fully saturated rings. The fourth-order valence-electron chi connectivity index (χ4n) is 2.14. The minimum atomic E-state index is -0.916. The average molecular weight is 254 g/mol. The van der Waals surface area contributed by atoms with Crippen LogP contribution in [-0.2, 0) is 6.42 Å². The number of nitrogens with one attached hydrogen (secondary N) is 1. The van der Waals surface area contributed by atoms with Crippen LogP contribution in [0.4, 0.5) is 0 Å². The van der Waals surface area contributed by atoms with Crippen molar-refractivity contribution in [2.24, 2.45) is 0 Å². The van der Waals surface area contributed by atoms with Crippen molar-refractivity contribution in [1.29, 1.82) is 0 Å². The predicted octanol–water partition coefficient (Wildman–Crippen LogP) is 0.241. The first-order chi connectivity index (χ1) is 8.61. The number of aliphatic hydroxyl groups excluding tert-OH is 2. The molecule has 6 nitrogen and oxygen atoms in total. The Hall–Kier alpha value is -1.40. The molecule has 0 unspecified atom stereocenters. The van der Waals surface area contributed by atoms with Crippen molar-refractivity contribution in [3.63, 3.8) is 0 Å². The largest absolute Gasteiger partial charge is 0.390 e. The number of hydrogen-bond acceptors (Lipinski definition) is 5. The van der Waals surface area contributed by atoms with E-state index in [1.807, 2.05) is 6.92 Å². The maximum atomic E-state index is 11.9. The molecule has 3 N–H and O–H groups in total. The summed E-state index contributed by atoms with van der Waals surface area (Å²) in [6.45, 7) is 1.91. The molecule has 1 aliphatic carbocycles. The van der Waals surface area contributed by atoms with Crippen molar-refractivity contribution < 1.29 is 19.5 Å². The monoisotopic (exact) mass is 254 g/mol. The van der Waals surface area contributed by atoms with E-state index in [1.165, 1.54) is 0 Å². The highest BCUT2D eigenvalue weighted by Gasteiger charge is 2.32. The zero-order valence-electron chi connectivity index (χ0n) is 10.3. The fourth-order valence-corrected chi connectivity index (χ4v) is 2.14. The highest BCUT2D eigenvalue weighted by molar-refractivity contribution is 5.92. The third kappa shape index (κ3) is 2.70. The first-order valence-electron chi connectivity index (χ1n) is 6.24. The summed E-state index contributed by atoms with van der Waals surface area (Å²) < 4.78 is 4.95. The molecule has 1 aliphatic rings. The molecule has 1 heterocycles. The van der Waals surface area contributed by atoms with Gasteiger partial charge in [0.15, 0.2) is 5.69 Å². The number of amides is 1. The van der Waals surface area contributed by atoms with E-state index in [0.717, 1.165) is 6.42 Å². The van der Waals surface area contributed by atoms with Crippen LogP contribution in [0.1, 0.15) is 42.4 Å². The SMILES string of the molecule is CCc1cc(C(=O)N[C@@H]2CCC[C@@H](O)[C@@H]2O)no1. The van der Waals surface area contributed by atoms with E-state index in [9.17, 15) is 15.0 Å². The van der Waals surface area contributed by atoms with Gasteiger partial charge in [0, 0.05) is 12.5 Å². The number of carbonyl (C=O) groups is 1. The molecular formula is C12H18N2O4. The van der Waals surface area contributed by atoms with Gasteiger partial charge in [0.2, 0.25) is 0 Å². The van der Waals surface area contributed by atoms with E-state index in [0.29, 0.717) is 25.0 Å². The highest BCUT2D eigenvalue weighted by Crippen LogP contribution is 2.19. The maximum Gasteiger partial charge on any atom is 0.273 e. The number of nitrogens with zero attached hydrogens (tertiary/aromatic N) is 1. The van der Waals surface area contributed by atoms with Crippen molar-refractivity contribution in [2.45, 2.75) is 50.9 Å². The zero-order valence-corrected chi connectivity index (χ0v) is 10.3. The number of carbonyl (C=O) groups excluding carboxylic acids is 1. The summed E-state index contributed by atoms with van der Waals surface area (Å²) in [5, 5.41) is 25.7. The molecule has 1 aromatic heterocycles. The van der Waals surface area contributed by atoms with Crippen LogP contribution in [-0.4, -0.2) is 39.5 Å². The number of aryl methyl sites for hydroxylation is 1. The summed E-state index contributed by atoms with van der Waals surface area (Å²) in [6.07, 6.45) is 0.987. The minimum absolute atomic E-state index is 0.208. The second kappa shape index (κ2) is 5.49. The first-order valence-corrected chi connectivity index (χ1v) is 6.24. The van der Waals surface area contributed by atoms with E-state index in [1.54, 1.807) is 6.07 Å². The van der Waals surface area contributed by atoms with Gasteiger partial charge in [0.1, 0.15) is 5.76 Å². The van der Waals surface area contributed by atoms with Crippen LogP contribution in [0.15, 0.2) is 10.6 Å². The topological polar surface area (TPSA) is 95.6 Å². The Morgan fingerprint density at radius 3 is 3.00 bits per heavy atom. The Kier molecular flexibility index (Phi) is 3.98. The first kappa shape index (κ1) is 13.0. The highest BCUT2D eigenvalue weighted by atomic mass is 16.5. The third-order valence-corrected chi connectivity index (χ3v) is 3.28. The van der Waals surface area contributed by atoms with Gasteiger partial charge in [-0.1, -0.05) is 12.1 Å². The molecule has 100 valence electrons. The van der Waals surface area contributed by atoms with Crippen LogP contribution in [0, 0.1) is 0 Å². The molecular weight excluding hydrogens is 236 g/mol. The summed E-state index contributed by atoms with van der Waals surface area (Å²) in [4.78, 5) is 11.9. The van der Waals surface area contributed by atoms with Gasteiger partial charge in [-0.2, -0.15) is 0 Å². The van der Waals surface area contributed by atoms with E-state index in [4.69, 9.17) is 4.52 Å². The molecule has 0 aliphatic heterocycles. The quantitative estimate of drug-likeness (QED) is 0.718. The van der Waals surface area contributed by atoms with Gasteiger partial charge in [-0.25, -0.2) is 0 Å². The Balaban J connectivity index is 1.98. The molecule has 6 heteroatoms. The summed E-state index contributed by atoms with van der Waals surface area (Å²) in [5.74, 6) is 0.265. The second-order valence-corrected chi connectivity index (χ2v) is 4.60. The van der Waals surface area contributed by atoms with E-state index in [-0.39, 0.29) is 11.6 Å². The Morgan fingerprint density at radius 1 is 1.56 bits per heavy atom. The number of rotatable bonds is 3.